The number of hydrogen-bond acceptors (Lipinski definition) is 2. The Hall–Kier alpha value is -2.79. The van der Waals surface area contributed by atoms with Gasteiger partial charge in [0.25, 0.3) is 0 Å². The highest BCUT2D eigenvalue weighted by Gasteiger charge is 2.42. The van der Waals surface area contributed by atoms with E-state index in [2.05, 4.69) is 54.6 Å². The highest BCUT2D eigenvalue weighted by molar-refractivity contribution is 5.81. The van der Waals surface area contributed by atoms with Crippen molar-refractivity contribution in [1.29, 1.82) is 5.26 Å². The number of fused-ring (bicyclic) bond motifs is 3. The number of nitriles is 1. The second-order valence-electron chi connectivity index (χ2n) is 6.14. The molecule has 1 aromatic heterocycles. The first-order chi connectivity index (χ1) is 11.3. The van der Waals surface area contributed by atoms with Crippen molar-refractivity contribution in [3.8, 4) is 17.2 Å². The highest BCUT2D eigenvalue weighted by atomic mass is 16.3. The van der Waals surface area contributed by atoms with Crippen molar-refractivity contribution in [2.45, 2.75) is 24.7 Å². The maximum Gasteiger partial charge on any atom is 0.0934 e. The largest absolute Gasteiger partial charge is 0.472 e. The van der Waals surface area contributed by atoms with E-state index in [0.717, 1.165) is 12.8 Å². The molecule has 1 heterocycles. The third-order valence-corrected chi connectivity index (χ3v) is 4.93. The molecule has 0 bridgehead atoms. The molecule has 2 aromatic carbocycles. The van der Waals surface area contributed by atoms with Crippen LogP contribution in [-0.2, 0) is 11.8 Å². The van der Waals surface area contributed by atoms with Crippen LogP contribution < -0.4 is 0 Å². The van der Waals surface area contributed by atoms with Gasteiger partial charge in [0.1, 0.15) is 0 Å². The molecule has 1 aliphatic rings. The van der Waals surface area contributed by atoms with E-state index in [9.17, 15) is 5.26 Å². The van der Waals surface area contributed by atoms with E-state index >= 15 is 0 Å². The Morgan fingerprint density at radius 1 is 0.913 bits per heavy atom. The van der Waals surface area contributed by atoms with Gasteiger partial charge in [-0.05, 0) is 46.7 Å². The van der Waals surface area contributed by atoms with Crippen LogP contribution in [0.5, 0.6) is 0 Å². The smallest absolute Gasteiger partial charge is 0.0934 e. The predicted molar refractivity (Wildman–Crippen MR) is 89.9 cm³/mol. The van der Waals surface area contributed by atoms with Crippen molar-refractivity contribution < 1.29 is 4.42 Å². The first-order valence-electron chi connectivity index (χ1n) is 7.92. The molecule has 0 fully saturated rings. The second kappa shape index (κ2) is 5.44. The van der Waals surface area contributed by atoms with E-state index in [-0.39, 0.29) is 5.41 Å². The maximum absolute atomic E-state index is 9.19. The van der Waals surface area contributed by atoms with E-state index in [0.29, 0.717) is 6.42 Å². The number of nitrogens with zero attached hydrogens (tertiary/aromatic N) is 1. The predicted octanol–water partition coefficient (Wildman–Crippen LogP) is 5.09. The summed E-state index contributed by atoms with van der Waals surface area (Å²) in [4.78, 5) is 0. The number of furan rings is 1. The minimum absolute atomic E-state index is 0.146. The van der Waals surface area contributed by atoms with Crippen LogP contribution in [0.3, 0.4) is 0 Å². The van der Waals surface area contributed by atoms with Crippen LogP contribution in [0.1, 0.15) is 29.5 Å². The third kappa shape index (κ3) is 2.09. The SMILES string of the molecule is N#CCCC1(Cc2ccoc2)c2ccccc2-c2ccccc21. The van der Waals surface area contributed by atoms with Crippen molar-refractivity contribution in [2.75, 3.05) is 0 Å². The van der Waals surface area contributed by atoms with Crippen LogP contribution in [0.15, 0.2) is 71.5 Å². The van der Waals surface area contributed by atoms with E-state index < -0.39 is 0 Å². The molecule has 0 N–H and O–H groups in total. The number of benzene rings is 2. The fourth-order valence-electron chi connectivity index (χ4n) is 3.97. The lowest BCUT2D eigenvalue weighted by atomic mass is 9.71. The summed E-state index contributed by atoms with van der Waals surface area (Å²) in [6.07, 6.45) is 5.76. The zero-order valence-corrected chi connectivity index (χ0v) is 12.8. The van der Waals surface area contributed by atoms with Gasteiger partial charge in [-0.2, -0.15) is 5.26 Å². The van der Waals surface area contributed by atoms with Crippen molar-refractivity contribution in [3.05, 3.63) is 83.8 Å². The summed E-state index contributed by atoms with van der Waals surface area (Å²) in [6.45, 7) is 0. The molecule has 0 radical (unpaired) electrons. The topological polar surface area (TPSA) is 36.9 Å². The number of hydrogen-bond donors (Lipinski definition) is 0. The fraction of sp³-hybridized carbons (Fsp3) is 0.190. The molecule has 0 aliphatic heterocycles. The first kappa shape index (κ1) is 13.8. The van der Waals surface area contributed by atoms with E-state index in [4.69, 9.17) is 4.42 Å². The minimum atomic E-state index is -0.146. The summed E-state index contributed by atoms with van der Waals surface area (Å²) in [5.74, 6) is 0. The van der Waals surface area contributed by atoms with Crippen LogP contribution in [-0.4, -0.2) is 0 Å². The molecule has 0 saturated heterocycles. The Labute approximate surface area is 136 Å². The Bertz CT molecular complexity index is 825. The second-order valence-corrected chi connectivity index (χ2v) is 6.14. The summed E-state index contributed by atoms with van der Waals surface area (Å²) in [5, 5.41) is 9.19. The van der Waals surface area contributed by atoms with Gasteiger partial charge in [-0.15, -0.1) is 0 Å². The molecule has 23 heavy (non-hydrogen) atoms. The third-order valence-electron chi connectivity index (χ3n) is 4.93. The quantitative estimate of drug-likeness (QED) is 0.672. The molecule has 2 nitrogen and oxygen atoms in total. The van der Waals surface area contributed by atoms with Gasteiger partial charge in [-0.25, -0.2) is 0 Å². The lowest BCUT2D eigenvalue weighted by molar-refractivity contribution is 0.481. The summed E-state index contributed by atoms with van der Waals surface area (Å²) in [7, 11) is 0. The first-order valence-corrected chi connectivity index (χ1v) is 7.92. The minimum Gasteiger partial charge on any atom is -0.472 e. The Morgan fingerprint density at radius 3 is 2.13 bits per heavy atom. The lowest BCUT2D eigenvalue weighted by Gasteiger charge is -2.31. The molecular formula is C21H17NO. The van der Waals surface area contributed by atoms with Gasteiger partial charge in [-0.1, -0.05) is 48.5 Å². The van der Waals surface area contributed by atoms with Crippen LogP contribution in [0.4, 0.5) is 0 Å². The average molecular weight is 299 g/mol. The molecule has 0 atom stereocenters. The van der Waals surface area contributed by atoms with Crippen molar-refractivity contribution in [3.63, 3.8) is 0 Å². The fourth-order valence-corrected chi connectivity index (χ4v) is 3.97. The van der Waals surface area contributed by atoms with Crippen LogP contribution >= 0.6 is 0 Å². The van der Waals surface area contributed by atoms with Gasteiger partial charge in [0.2, 0.25) is 0 Å². The number of rotatable bonds is 4. The molecule has 4 rings (SSSR count). The van der Waals surface area contributed by atoms with Gasteiger partial charge < -0.3 is 4.42 Å². The molecule has 1 aliphatic carbocycles. The van der Waals surface area contributed by atoms with Crippen molar-refractivity contribution in [2.24, 2.45) is 0 Å². The molecule has 0 saturated carbocycles. The summed E-state index contributed by atoms with van der Waals surface area (Å²) < 4.78 is 5.29. The molecule has 0 unspecified atom stereocenters. The van der Waals surface area contributed by atoms with Gasteiger partial charge in [0.15, 0.2) is 0 Å². The van der Waals surface area contributed by atoms with Crippen molar-refractivity contribution >= 4 is 0 Å². The van der Waals surface area contributed by atoms with E-state index in [1.54, 1.807) is 6.26 Å². The van der Waals surface area contributed by atoms with Crippen LogP contribution in [0.2, 0.25) is 0 Å². The Balaban J connectivity index is 1.95. The zero-order valence-electron chi connectivity index (χ0n) is 12.8. The molecule has 0 amide bonds. The highest BCUT2D eigenvalue weighted by Crippen LogP contribution is 2.52. The molecule has 3 aromatic rings. The standard InChI is InChI=1S/C21H17NO/c22-12-5-11-21(14-16-10-13-23-15-16)19-8-3-1-6-17(19)18-7-2-4-9-20(18)21/h1-4,6-10,13,15H,5,11,14H2. The van der Waals surface area contributed by atoms with Gasteiger partial charge in [-0.3, -0.25) is 0 Å². The molecule has 2 heteroatoms. The van der Waals surface area contributed by atoms with E-state index in [1.165, 1.54) is 27.8 Å². The molecule has 0 spiro atoms. The normalized spacial score (nSPS) is 14.0. The maximum atomic E-state index is 9.19. The monoisotopic (exact) mass is 299 g/mol. The lowest BCUT2D eigenvalue weighted by Crippen LogP contribution is -2.28. The summed E-state index contributed by atoms with van der Waals surface area (Å²) >= 11 is 0. The molecular weight excluding hydrogens is 282 g/mol. The summed E-state index contributed by atoms with van der Waals surface area (Å²) in [5.41, 5.74) is 6.28. The van der Waals surface area contributed by atoms with Crippen molar-refractivity contribution in [1.82, 2.24) is 0 Å². The van der Waals surface area contributed by atoms with Gasteiger partial charge in [0, 0.05) is 11.8 Å². The van der Waals surface area contributed by atoms with Crippen LogP contribution in [0.25, 0.3) is 11.1 Å². The average Bonchev–Trinajstić information content (AvgIpc) is 3.20. The Morgan fingerprint density at radius 2 is 1.57 bits per heavy atom. The zero-order chi connectivity index (χ0) is 15.7. The van der Waals surface area contributed by atoms with Crippen LogP contribution in [0, 0.1) is 11.3 Å². The van der Waals surface area contributed by atoms with Gasteiger partial charge >= 0.3 is 0 Å². The van der Waals surface area contributed by atoms with E-state index in [1.807, 2.05) is 12.3 Å². The summed E-state index contributed by atoms with van der Waals surface area (Å²) in [6, 6.07) is 21.6. The van der Waals surface area contributed by atoms with Gasteiger partial charge in [0.05, 0.1) is 18.6 Å². The molecule has 112 valence electrons. The Kier molecular flexibility index (Phi) is 3.28.